The monoisotopic (exact) mass is 309 g/mol. The first kappa shape index (κ1) is 16.1. The highest BCUT2D eigenvalue weighted by atomic mass is 32.2. The van der Waals surface area contributed by atoms with Crippen LogP contribution in [0.15, 0.2) is 5.11 Å². The number of rotatable bonds is 5. The minimum absolute atomic E-state index is 0.180. The van der Waals surface area contributed by atoms with Crippen molar-refractivity contribution >= 4 is 23.4 Å². The molecule has 0 amide bonds. The molecule has 1 aromatic carbocycles. The number of carbonyl (C=O) groups excluding carboxylic acids is 1. The lowest BCUT2D eigenvalue weighted by Crippen LogP contribution is -2.15. The first-order chi connectivity index (χ1) is 9.45. The molecule has 0 heterocycles. The zero-order valence-corrected chi connectivity index (χ0v) is 10.8. The molecule has 0 atom stereocenters. The van der Waals surface area contributed by atoms with Gasteiger partial charge in [-0.25, -0.2) is 22.4 Å². The molecule has 0 saturated carbocycles. The van der Waals surface area contributed by atoms with Gasteiger partial charge >= 0.3 is 5.97 Å². The first-order valence-electron chi connectivity index (χ1n) is 5.02. The molecule has 0 radical (unpaired) electrons. The number of thioether (sulfide) groups is 1. The second-order valence-electron chi connectivity index (χ2n) is 3.30. The Morgan fingerprint density at radius 1 is 1.25 bits per heavy atom. The molecule has 0 aromatic heterocycles. The zero-order valence-electron chi connectivity index (χ0n) is 9.99. The smallest absolute Gasteiger partial charge is 0.344 e. The van der Waals surface area contributed by atoms with E-state index in [1.165, 1.54) is 11.8 Å². The van der Waals surface area contributed by atoms with Crippen molar-refractivity contribution < 1.29 is 27.1 Å². The van der Waals surface area contributed by atoms with Gasteiger partial charge in [-0.05, 0) is 11.8 Å². The fourth-order valence-corrected chi connectivity index (χ4v) is 1.47. The second-order valence-corrected chi connectivity index (χ2v) is 4.28. The Labute approximate surface area is 114 Å². The number of azide groups is 1. The van der Waals surface area contributed by atoms with Gasteiger partial charge in [0.25, 0.3) is 0 Å². The number of halogens is 4. The number of esters is 1. The maximum atomic E-state index is 13.5. The SMILES string of the molecule is CSCCOC(=O)c1c(F)c(F)c(N=[N+]=[N-])c(F)c1F. The van der Waals surface area contributed by atoms with E-state index in [1.54, 1.807) is 6.26 Å². The summed E-state index contributed by atoms with van der Waals surface area (Å²) < 4.78 is 58.3. The van der Waals surface area contributed by atoms with E-state index in [4.69, 9.17) is 5.53 Å². The summed E-state index contributed by atoms with van der Waals surface area (Å²) in [5.41, 5.74) is 5.07. The molecular formula is C10H7F4N3O2S. The second kappa shape index (κ2) is 7.01. The quantitative estimate of drug-likeness (QED) is 0.158. The third-order valence-corrected chi connectivity index (χ3v) is 2.68. The fourth-order valence-electron chi connectivity index (χ4n) is 1.22. The van der Waals surface area contributed by atoms with Crippen molar-refractivity contribution in [2.75, 3.05) is 18.6 Å². The van der Waals surface area contributed by atoms with Crippen molar-refractivity contribution in [2.45, 2.75) is 0 Å². The molecule has 20 heavy (non-hydrogen) atoms. The summed E-state index contributed by atoms with van der Waals surface area (Å²) in [5.74, 6) is -9.06. The summed E-state index contributed by atoms with van der Waals surface area (Å²) in [6.07, 6.45) is 1.70. The predicted octanol–water partition coefficient (Wildman–Crippen LogP) is 3.70. The Morgan fingerprint density at radius 3 is 2.25 bits per heavy atom. The third kappa shape index (κ3) is 3.14. The lowest BCUT2D eigenvalue weighted by atomic mass is 10.1. The van der Waals surface area contributed by atoms with Crippen LogP contribution in [0.25, 0.3) is 10.4 Å². The lowest BCUT2D eigenvalue weighted by Gasteiger charge is -2.09. The van der Waals surface area contributed by atoms with Gasteiger partial charge in [-0.2, -0.15) is 11.8 Å². The van der Waals surface area contributed by atoms with Gasteiger partial charge in [-0.1, -0.05) is 5.11 Å². The summed E-state index contributed by atoms with van der Waals surface area (Å²) in [4.78, 5) is 13.4. The van der Waals surface area contributed by atoms with Crippen molar-refractivity contribution in [3.63, 3.8) is 0 Å². The van der Waals surface area contributed by atoms with Crippen molar-refractivity contribution in [2.24, 2.45) is 5.11 Å². The van der Waals surface area contributed by atoms with Crippen LogP contribution in [-0.2, 0) is 4.74 Å². The maximum absolute atomic E-state index is 13.5. The topological polar surface area (TPSA) is 75.1 Å². The van der Waals surface area contributed by atoms with Crippen LogP contribution >= 0.6 is 11.8 Å². The molecule has 108 valence electrons. The summed E-state index contributed by atoms with van der Waals surface area (Å²) >= 11 is 1.29. The van der Waals surface area contributed by atoms with E-state index in [1.807, 2.05) is 4.91 Å². The van der Waals surface area contributed by atoms with E-state index < -0.39 is 40.5 Å². The molecule has 0 aliphatic heterocycles. The van der Waals surface area contributed by atoms with Gasteiger partial charge in [0.2, 0.25) is 0 Å². The first-order valence-corrected chi connectivity index (χ1v) is 6.42. The van der Waals surface area contributed by atoms with E-state index in [0.29, 0.717) is 5.75 Å². The molecule has 0 aliphatic carbocycles. The number of hydrogen-bond donors (Lipinski definition) is 0. The molecular weight excluding hydrogens is 302 g/mol. The van der Waals surface area contributed by atoms with Crippen LogP contribution in [-0.4, -0.2) is 24.6 Å². The van der Waals surface area contributed by atoms with Crippen molar-refractivity contribution in [3.8, 4) is 0 Å². The van der Waals surface area contributed by atoms with E-state index >= 15 is 0 Å². The number of carbonyl (C=O) groups is 1. The van der Waals surface area contributed by atoms with Crippen molar-refractivity contribution in [1.82, 2.24) is 0 Å². The number of benzene rings is 1. The highest BCUT2D eigenvalue weighted by molar-refractivity contribution is 7.98. The van der Waals surface area contributed by atoms with Gasteiger partial charge in [0, 0.05) is 10.7 Å². The minimum atomic E-state index is -1.97. The summed E-state index contributed by atoms with van der Waals surface area (Å²) in [5, 5.41) is 2.50. The average molecular weight is 309 g/mol. The minimum Gasteiger partial charge on any atom is -0.461 e. The van der Waals surface area contributed by atoms with Crippen molar-refractivity contribution in [1.29, 1.82) is 0 Å². The molecule has 0 saturated heterocycles. The van der Waals surface area contributed by atoms with Crippen LogP contribution in [0, 0.1) is 23.3 Å². The molecule has 0 fully saturated rings. The van der Waals surface area contributed by atoms with E-state index in [9.17, 15) is 22.4 Å². The molecule has 5 nitrogen and oxygen atoms in total. The average Bonchev–Trinajstić information content (AvgIpc) is 2.42. The fraction of sp³-hybridized carbons (Fsp3) is 0.300. The Balaban J connectivity index is 3.28. The van der Waals surface area contributed by atoms with Gasteiger partial charge < -0.3 is 4.74 Å². The molecule has 1 rings (SSSR count). The highest BCUT2D eigenvalue weighted by Gasteiger charge is 2.29. The van der Waals surface area contributed by atoms with Crippen molar-refractivity contribution in [3.05, 3.63) is 39.3 Å². The van der Waals surface area contributed by atoms with Gasteiger partial charge in [0.05, 0.1) is 0 Å². The zero-order chi connectivity index (χ0) is 15.3. The van der Waals surface area contributed by atoms with E-state index in [-0.39, 0.29) is 6.61 Å². The molecule has 1 aromatic rings. The van der Waals surface area contributed by atoms with Crippen LogP contribution < -0.4 is 0 Å². The van der Waals surface area contributed by atoms with Crippen LogP contribution in [0.3, 0.4) is 0 Å². The van der Waals surface area contributed by atoms with E-state index in [0.717, 1.165) is 0 Å². The molecule has 0 bridgehead atoms. The molecule has 0 unspecified atom stereocenters. The molecule has 10 heteroatoms. The van der Waals surface area contributed by atoms with Crippen LogP contribution in [0.5, 0.6) is 0 Å². The normalized spacial score (nSPS) is 10.1. The lowest BCUT2D eigenvalue weighted by molar-refractivity contribution is 0.0516. The van der Waals surface area contributed by atoms with E-state index in [2.05, 4.69) is 9.85 Å². The predicted molar refractivity (Wildman–Crippen MR) is 63.7 cm³/mol. The van der Waals surface area contributed by atoms with Gasteiger partial charge in [-0.3, -0.25) is 0 Å². The van der Waals surface area contributed by atoms with Crippen LogP contribution in [0.1, 0.15) is 10.4 Å². The largest absolute Gasteiger partial charge is 0.461 e. The van der Waals surface area contributed by atoms with Crippen LogP contribution in [0.4, 0.5) is 23.2 Å². The Morgan fingerprint density at radius 2 is 1.80 bits per heavy atom. The van der Waals surface area contributed by atoms with Gasteiger partial charge in [0.1, 0.15) is 17.9 Å². The Bertz CT molecular complexity index is 561. The molecule has 0 aliphatic rings. The number of nitrogens with zero attached hydrogens (tertiary/aromatic N) is 3. The van der Waals surface area contributed by atoms with Crippen LogP contribution in [0.2, 0.25) is 0 Å². The number of hydrogen-bond acceptors (Lipinski definition) is 4. The Hall–Kier alpha value is -1.93. The molecule has 0 N–H and O–H groups in total. The summed E-state index contributed by atoms with van der Waals surface area (Å²) in [7, 11) is 0. The Kier molecular flexibility index (Phi) is 5.66. The molecule has 0 spiro atoms. The summed E-state index contributed by atoms with van der Waals surface area (Å²) in [6, 6.07) is 0. The third-order valence-electron chi connectivity index (χ3n) is 2.11. The maximum Gasteiger partial charge on any atom is 0.344 e. The highest BCUT2D eigenvalue weighted by Crippen LogP contribution is 2.30. The summed E-state index contributed by atoms with van der Waals surface area (Å²) in [6.45, 7) is -0.180. The number of ether oxygens (including phenoxy) is 1. The standard InChI is InChI=1S/C10H7F4N3O2S/c1-20-3-2-19-10(18)4-5(11)7(13)9(16-17-15)8(14)6(4)12/h2-3H2,1H3. The van der Waals surface area contributed by atoms with Gasteiger partial charge in [0.15, 0.2) is 23.3 Å². The van der Waals surface area contributed by atoms with Gasteiger partial charge in [-0.15, -0.1) is 0 Å².